The van der Waals surface area contributed by atoms with E-state index in [0.717, 1.165) is 30.1 Å². The molecule has 0 radical (unpaired) electrons. The molecular weight excluding hydrogens is 352 g/mol. The number of anilines is 1. The summed E-state index contributed by atoms with van der Waals surface area (Å²) in [5.74, 6) is 0.610. The van der Waals surface area contributed by atoms with E-state index in [1.54, 1.807) is 11.3 Å². The third kappa shape index (κ3) is 4.90. The van der Waals surface area contributed by atoms with Gasteiger partial charge in [-0.05, 0) is 80.4 Å². The van der Waals surface area contributed by atoms with Gasteiger partial charge >= 0.3 is 0 Å². The van der Waals surface area contributed by atoms with Crippen molar-refractivity contribution in [1.29, 1.82) is 0 Å². The summed E-state index contributed by atoms with van der Waals surface area (Å²) in [4.78, 5) is 8.34. The maximum absolute atomic E-state index is 6.17. The van der Waals surface area contributed by atoms with E-state index in [9.17, 15) is 0 Å². The summed E-state index contributed by atoms with van der Waals surface area (Å²) in [5.41, 5.74) is 9.98. The molecule has 5 heteroatoms. The van der Waals surface area contributed by atoms with Crippen molar-refractivity contribution in [3.05, 3.63) is 46.2 Å². The molecule has 1 fully saturated rings. The van der Waals surface area contributed by atoms with Gasteiger partial charge in [0.1, 0.15) is 5.84 Å². The van der Waals surface area contributed by atoms with Gasteiger partial charge in [-0.2, -0.15) is 0 Å². The quantitative estimate of drug-likeness (QED) is 0.595. The minimum Gasteiger partial charge on any atom is -0.383 e. The molecule has 0 spiro atoms. The fourth-order valence-corrected chi connectivity index (χ4v) is 4.58. The summed E-state index contributed by atoms with van der Waals surface area (Å²) >= 11 is 1.63. The average Bonchev–Trinajstić information content (AvgIpc) is 3.18. The van der Waals surface area contributed by atoms with Crippen LogP contribution in [0.2, 0.25) is 0 Å². The van der Waals surface area contributed by atoms with Gasteiger partial charge in [0, 0.05) is 18.3 Å². The van der Waals surface area contributed by atoms with Gasteiger partial charge in [-0.3, -0.25) is 0 Å². The number of nitrogens with two attached hydrogens (primary N) is 1. The van der Waals surface area contributed by atoms with E-state index in [0.29, 0.717) is 11.9 Å². The number of nitrogens with zero attached hydrogens (tertiary/aromatic N) is 2. The smallest absolute Gasteiger partial charge is 0.141 e. The second-order valence-electron chi connectivity index (χ2n) is 6.92. The lowest BCUT2D eigenvalue weighted by atomic mass is 10.0. The predicted molar refractivity (Wildman–Crippen MR) is 119 cm³/mol. The predicted octanol–water partition coefficient (Wildman–Crippen LogP) is 4.71. The second kappa shape index (κ2) is 9.90. The van der Waals surface area contributed by atoms with Crippen LogP contribution in [0.5, 0.6) is 0 Å². The van der Waals surface area contributed by atoms with Gasteiger partial charge in [0.2, 0.25) is 0 Å². The number of piperidine rings is 1. The Balaban J connectivity index is 0.00000102. The van der Waals surface area contributed by atoms with Gasteiger partial charge in [-0.25, -0.2) is 4.99 Å². The molecule has 0 amide bonds. The molecule has 2 aromatic rings. The highest BCUT2D eigenvalue weighted by Gasteiger charge is 2.24. The third-order valence-electron chi connectivity index (χ3n) is 5.24. The van der Waals surface area contributed by atoms with E-state index in [4.69, 9.17) is 5.73 Å². The van der Waals surface area contributed by atoms with Crippen molar-refractivity contribution in [2.75, 3.05) is 24.5 Å². The average molecular weight is 385 g/mol. The van der Waals surface area contributed by atoms with Gasteiger partial charge in [0.05, 0.1) is 10.6 Å². The molecular formula is C22H32N4S. The van der Waals surface area contributed by atoms with Crippen LogP contribution in [-0.4, -0.2) is 31.5 Å². The van der Waals surface area contributed by atoms with Gasteiger partial charge in [-0.15, -0.1) is 11.3 Å². The van der Waals surface area contributed by atoms with Crippen molar-refractivity contribution in [1.82, 2.24) is 5.32 Å². The van der Waals surface area contributed by atoms with E-state index < -0.39 is 0 Å². The Kier molecular flexibility index (Phi) is 7.30. The highest BCUT2D eigenvalue weighted by Crippen LogP contribution is 2.33. The molecule has 3 N–H and O–H groups in total. The maximum atomic E-state index is 6.17. The van der Waals surface area contributed by atoms with Crippen molar-refractivity contribution in [2.24, 2.45) is 10.7 Å². The first kappa shape index (κ1) is 19.9. The number of hydrogen-bond acceptors (Lipinski definition) is 4. The zero-order chi connectivity index (χ0) is 19.1. The van der Waals surface area contributed by atoms with Crippen molar-refractivity contribution >= 4 is 28.5 Å². The fraction of sp³-hybridized carbons (Fsp3) is 0.500. The van der Waals surface area contributed by atoms with Gasteiger partial charge in [-0.1, -0.05) is 19.9 Å². The molecule has 0 bridgehead atoms. The summed E-state index contributed by atoms with van der Waals surface area (Å²) < 4.78 is 0. The molecule has 0 atom stereocenters. The molecule has 4 nitrogen and oxygen atoms in total. The Morgan fingerprint density at radius 2 is 2.00 bits per heavy atom. The number of nitrogens with one attached hydrogen (secondary N) is 1. The monoisotopic (exact) mass is 384 g/mol. The molecule has 0 unspecified atom stereocenters. The Morgan fingerprint density at radius 1 is 1.19 bits per heavy atom. The van der Waals surface area contributed by atoms with Crippen molar-refractivity contribution in [3.63, 3.8) is 0 Å². The summed E-state index contributed by atoms with van der Waals surface area (Å²) in [6.45, 7) is 7.45. The zero-order valence-electron chi connectivity index (χ0n) is 16.6. The Morgan fingerprint density at radius 3 is 2.74 bits per heavy atom. The van der Waals surface area contributed by atoms with Crippen LogP contribution in [0, 0.1) is 0 Å². The number of hydrogen-bond donors (Lipinski definition) is 2. The first-order chi connectivity index (χ1) is 13.3. The molecule has 0 saturated carbocycles. The zero-order valence-corrected chi connectivity index (χ0v) is 17.4. The lowest BCUT2D eigenvalue weighted by molar-refractivity contribution is 0.428. The lowest BCUT2D eigenvalue weighted by Gasteiger charge is -2.36. The molecule has 1 saturated heterocycles. The van der Waals surface area contributed by atoms with E-state index in [1.807, 2.05) is 31.4 Å². The first-order valence-electron chi connectivity index (χ1n) is 10.3. The Bertz CT molecular complexity index is 733. The summed E-state index contributed by atoms with van der Waals surface area (Å²) in [7, 11) is 0. The van der Waals surface area contributed by atoms with Crippen LogP contribution in [0.1, 0.15) is 50.0 Å². The summed E-state index contributed by atoms with van der Waals surface area (Å²) in [5, 5.41) is 5.51. The standard InChI is InChI=1S/C20H26N4S.C2H6/c21-20(19-5-3-13-25-19)23-16-6-7-18-15(14-16)4-1-2-12-24(18)17-8-10-22-11-9-17;1-2/h3,5-7,13-14,17,22H,1-2,4,8-12H2,(H2,21,23);1-2H3. The van der Waals surface area contributed by atoms with E-state index >= 15 is 0 Å². The largest absolute Gasteiger partial charge is 0.383 e. The van der Waals surface area contributed by atoms with Crippen LogP contribution < -0.4 is 16.0 Å². The van der Waals surface area contributed by atoms with E-state index in [2.05, 4.69) is 33.4 Å². The molecule has 3 heterocycles. The van der Waals surface area contributed by atoms with Crippen molar-refractivity contribution < 1.29 is 0 Å². The molecule has 1 aromatic heterocycles. The Hall–Kier alpha value is -1.85. The fourth-order valence-electron chi connectivity index (χ4n) is 3.96. The number of rotatable bonds is 3. The summed E-state index contributed by atoms with van der Waals surface area (Å²) in [6.07, 6.45) is 6.14. The van der Waals surface area contributed by atoms with Crippen molar-refractivity contribution in [2.45, 2.75) is 52.0 Å². The van der Waals surface area contributed by atoms with Crippen LogP contribution in [0.3, 0.4) is 0 Å². The number of thiophene rings is 1. The minimum atomic E-state index is 0.610. The van der Waals surface area contributed by atoms with Gasteiger partial charge < -0.3 is 16.0 Å². The second-order valence-corrected chi connectivity index (χ2v) is 7.87. The van der Waals surface area contributed by atoms with Crippen LogP contribution in [-0.2, 0) is 6.42 Å². The molecule has 2 aliphatic rings. The molecule has 27 heavy (non-hydrogen) atoms. The topological polar surface area (TPSA) is 53.6 Å². The highest BCUT2D eigenvalue weighted by atomic mass is 32.1. The van der Waals surface area contributed by atoms with Gasteiger partial charge in [0.15, 0.2) is 0 Å². The summed E-state index contributed by atoms with van der Waals surface area (Å²) in [6, 6.07) is 11.3. The number of aliphatic imine (C=N–C) groups is 1. The molecule has 146 valence electrons. The number of amidine groups is 1. The molecule has 2 aliphatic heterocycles. The molecule has 0 aliphatic carbocycles. The molecule has 1 aromatic carbocycles. The number of aryl methyl sites for hydroxylation is 1. The number of benzene rings is 1. The highest BCUT2D eigenvalue weighted by molar-refractivity contribution is 7.12. The van der Waals surface area contributed by atoms with Crippen LogP contribution in [0.25, 0.3) is 0 Å². The van der Waals surface area contributed by atoms with Crippen LogP contribution >= 0.6 is 11.3 Å². The molecule has 4 rings (SSSR count). The normalized spacial score (nSPS) is 18.3. The van der Waals surface area contributed by atoms with Crippen LogP contribution in [0.4, 0.5) is 11.4 Å². The van der Waals surface area contributed by atoms with Gasteiger partial charge in [0.25, 0.3) is 0 Å². The maximum Gasteiger partial charge on any atom is 0.141 e. The van der Waals surface area contributed by atoms with E-state index in [1.165, 1.54) is 43.5 Å². The van der Waals surface area contributed by atoms with E-state index in [-0.39, 0.29) is 0 Å². The van der Waals surface area contributed by atoms with Crippen molar-refractivity contribution in [3.8, 4) is 0 Å². The number of fused-ring (bicyclic) bond motifs is 1. The SMILES string of the molecule is CC.NC(=Nc1ccc2c(c1)CCCCN2C1CCNCC1)c1cccs1. The Labute approximate surface area is 167 Å². The van der Waals surface area contributed by atoms with Crippen LogP contribution in [0.15, 0.2) is 40.7 Å². The first-order valence-corrected chi connectivity index (χ1v) is 11.2. The third-order valence-corrected chi connectivity index (χ3v) is 6.13. The minimum absolute atomic E-state index is 0.610. The lowest BCUT2D eigenvalue weighted by Crippen LogP contribution is -2.43.